The topological polar surface area (TPSA) is 92.3 Å². The van der Waals surface area contributed by atoms with Gasteiger partial charge >= 0.3 is 0 Å². The molecule has 1 fully saturated rings. The first kappa shape index (κ1) is 22.4. The summed E-state index contributed by atoms with van der Waals surface area (Å²) in [7, 11) is 0. The zero-order chi connectivity index (χ0) is 24.2. The Morgan fingerprint density at radius 3 is 2.77 bits per heavy atom. The van der Waals surface area contributed by atoms with Gasteiger partial charge in [0.15, 0.2) is 0 Å². The van der Waals surface area contributed by atoms with Crippen LogP contribution in [0.3, 0.4) is 0 Å². The summed E-state index contributed by atoms with van der Waals surface area (Å²) >= 11 is 0. The van der Waals surface area contributed by atoms with Gasteiger partial charge in [-0.05, 0) is 30.3 Å². The number of halogens is 1. The molecule has 1 aliphatic rings. The van der Waals surface area contributed by atoms with Crippen molar-refractivity contribution in [2.24, 2.45) is 0 Å². The molecule has 0 atom stereocenters. The van der Waals surface area contributed by atoms with Gasteiger partial charge in [-0.25, -0.2) is 14.4 Å². The molecular formula is C26H23FN6O2. The van der Waals surface area contributed by atoms with Crippen molar-refractivity contribution < 1.29 is 13.9 Å². The molecule has 0 spiro atoms. The third-order valence-electron chi connectivity index (χ3n) is 5.67. The third-order valence-corrected chi connectivity index (χ3v) is 5.67. The number of hydrogen-bond donors (Lipinski definition) is 2. The number of rotatable bonds is 6. The number of para-hydroxylation sites is 1. The summed E-state index contributed by atoms with van der Waals surface area (Å²) in [6.07, 6.45) is 5.72. The summed E-state index contributed by atoms with van der Waals surface area (Å²) in [5.41, 5.74) is 4.29. The number of pyridine rings is 1. The summed E-state index contributed by atoms with van der Waals surface area (Å²) in [6, 6.07) is 12.8. The van der Waals surface area contributed by atoms with E-state index in [-0.39, 0.29) is 5.91 Å². The Hall–Kier alpha value is -4.37. The van der Waals surface area contributed by atoms with Crippen LogP contribution in [0.15, 0.2) is 73.7 Å². The average molecular weight is 471 g/mol. The maximum absolute atomic E-state index is 13.8. The summed E-state index contributed by atoms with van der Waals surface area (Å²) in [4.78, 5) is 27.3. The summed E-state index contributed by atoms with van der Waals surface area (Å²) < 4.78 is 19.2. The number of nitrogens with zero attached hydrogens (tertiary/aromatic N) is 4. The number of ether oxygens (including phenoxy) is 1. The van der Waals surface area contributed by atoms with E-state index >= 15 is 0 Å². The van der Waals surface area contributed by atoms with Crippen LogP contribution < -0.4 is 15.5 Å². The van der Waals surface area contributed by atoms with Crippen LogP contribution in [0.4, 0.5) is 27.4 Å². The zero-order valence-corrected chi connectivity index (χ0v) is 18.9. The largest absolute Gasteiger partial charge is 0.378 e. The molecular weight excluding hydrogens is 447 g/mol. The van der Waals surface area contributed by atoms with Gasteiger partial charge in [-0.3, -0.25) is 9.78 Å². The molecule has 0 unspecified atom stereocenters. The van der Waals surface area contributed by atoms with Crippen molar-refractivity contribution in [1.29, 1.82) is 0 Å². The maximum atomic E-state index is 13.8. The van der Waals surface area contributed by atoms with Gasteiger partial charge in [0.2, 0.25) is 11.9 Å². The fourth-order valence-electron chi connectivity index (χ4n) is 4.01. The van der Waals surface area contributed by atoms with Crippen LogP contribution in [0.25, 0.3) is 22.0 Å². The highest BCUT2D eigenvalue weighted by molar-refractivity contribution is 6.02. The Kier molecular flexibility index (Phi) is 6.32. The number of hydrogen-bond acceptors (Lipinski definition) is 7. The minimum Gasteiger partial charge on any atom is -0.378 e. The number of amides is 1. The number of aromatic nitrogens is 3. The van der Waals surface area contributed by atoms with Gasteiger partial charge in [0.25, 0.3) is 0 Å². The lowest BCUT2D eigenvalue weighted by molar-refractivity contribution is -0.111. The molecule has 0 radical (unpaired) electrons. The monoisotopic (exact) mass is 470 g/mol. The Balaban J connectivity index is 1.49. The standard InChI is InChI=1S/C26H23FN6O2/c1-2-24(34)31-22-13-20(6-7-23(22)33-8-10-35-11-9-33)30-26-29-15-17-4-3-5-21(25(17)32-26)18-12-19(27)16-28-14-18/h2-7,12-16H,1,8-11H2,(H,31,34)(H,29,30,32). The van der Waals surface area contributed by atoms with Gasteiger partial charge in [0.05, 0.1) is 36.3 Å². The second-order valence-electron chi connectivity index (χ2n) is 7.98. The number of nitrogens with one attached hydrogen (secondary N) is 2. The van der Waals surface area contributed by atoms with E-state index in [0.717, 1.165) is 29.7 Å². The molecule has 35 heavy (non-hydrogen) atoms. The molecule has 0 aliphatic carbocycles. The Bertz CT molecular complexity index is 1400. The summed E-state index contributed by atoms with van der Waals surface area (Å²) in [6.45, 7) is 6.27. The van der Waals surface area contributed by atoms with Gasteiger partial charge in [-0.1, -0.05) is 24.8 Å². The van der Waals surface area contributed by atoms with Gasteiger partial charge in [0, 0.05) is 47.7 Å². The van der Waals surface area contributed by atoms with Crippen molar-refractivity contribution >= 4 is 39.8 Å². The summed E-state index contributed by atoms with van der Waals surface area (Å²) in [5.74, 6) is -0.345. The highest BCUT2D eigenvalue weighted by Crippen LogP contribution is 2.32. The predicted octanol–water partition coefficient (Wildman–Crippen LogP) is 4.54. The van der Waals surface area contributed by atoms with Crippen LogP contribution >= 0.6 is 0 Å². The SMILES string of the molecule is C=CC(=O)Nc1cc(Nc2ncc3cccc(-c4cncc(F)c4)c3n2)ccc1N1CCOCC1. The lowest BCUT2D eigenvalue weighted by Crippen LogP contribution is -2.36. The van der Waals surface area contributed by atoms with Gasteiger partial charge in [-0.15, -0.1) is 0 Å². The fourth-order valence-corrected chi connectivity index (χ4v) is 4.01. The molecule has 176 valence electrons. The van der Waals surface area contributed by atoms with Crippen molar-refractivity contribution in [3.05, 3.63) is 79.5 Å². The maximum Gasteiger partial charge on any atom is 0.247 e. The predicted molar refractivity (Wildman–Crippen MR) is 134 cm³/mol. The summed E-state index contributed by atoms with van der Waals surface area (Å²) in [5, 5.41) is 6.92. The quantitative estimate of drug-likeness (QED) is 0.400. The molecule has 0 bridgehead atoms. The normalized spacial score (nSPS) is 13.5. The van der Waals surface area contributed by atoms with Crippen LogP contribution in [-0.2, 0) is 9.53 Å². The van der Waals surface area contributed by atoms with E-state index in [2.05, 4.69) is 32.1 Å². The Morgan fingerprint density at radius 1 is 1.11 bits per heavy atom. The van der Waals surface area contributed by atoms with Crippen LogP contribution in [0.5, 0.6) is 0 Å². The number of benzene rings is 2. The highest BCUT2D eigenvalue weighted by Gasteiger charge is 2.17. The van der Waals surface area contributed by atoms with Gasteiger partial charge < -0.3 is 20.3 Å². The highest BCUT2D eigenvalue weighted by atomic mass is 19.1. The first-order valence-corrected chi connectivity index (χ1v) is 11.1. The zero-order valence-electron chi connectivity index (χ0n) is 18.9. The first-order chi connectivity index (χ1) is 17.1. The minimum absolute atomic E-state index is 0.299. The van der Waals surface area contributed by atoms with Crippen LogP contribution in [0.1, 0.15) is 0 Å². The molecule has 3 heterocycles. The molecule has 1 saturated heterocycles. The van der Waals surface area contributed by atoms with Gasteiger partial charge in [-0.2, -0.15) is 0 Å². The van der Waals surface area contributed by atoms with E-state index in [0.29, 0.717) is 41.6 Å². The molecule has 9 heteroatoms. The molecule has 0 saturated carbocycles. The number of morpholine rings is 1. The number of fused-ring (bicyclic) bond motifs is 1. The van der Waals surface area contributed by atoms with E-state index in [9.17, 15) is 9.18 Å². The van der Waals surface area contributed by atoms with Crippen molar-refractivity contribution in [3.8, 4) is 11.1 Å². The van der Waals surface area contributed by atoms with Crippen molar-refractivity contribution in [1.82, 2.24) is 15.0 Å². The lowest BCUT2D eigenvalue weighted by atomic mass is 10.0. The lowest BCUT2D eigenvalue weighted by Gasteiger charge is -2.30. The minimum atomic E-state index is -0.415. The molecule has 2 aromatic heterocycles. The molecule has 1 amide bonds. The number of anilines is 4. The van der Waals surface area contributed by atoms with Crippen LogP contribution in [-0.4, -0.2) is 47.2 Å². The smallest absolute Gasteiger partial charge is 0.247 e. The van der Waals surface area contributed by atoms with Crippen LogP contribution in [0.2, 0.25) is 0 Å². The van der Waals surface area contributed by atoms with Crippen LogP contribution in [0, 0.1) is 5.82 Å². The van der Waals surface area contributed by atoms with Gasteiger partial charge in [0.1, 0.15) is 5.82 Å². The van der Waals surface area contributed by atoms with E-state index < -0.39 is 5.82 Å². The average Bonchev–Trinajstić information content (AvgIpc) is 2.89. The first-order valence-electron chi connectivity index (χ1n) is 11.1. The van der Waals surface area contributed by atoms with E-state index in [1.165, 1.54) is 18.3 Å². The van der Waals surface area contributed by atoms with E-state index in [4.69, 9.17) is 9.72 Å². The molecule has 4 aromatic rings. The number of carbonyl (C=O) groups is 1. The Labute approximate surface area is 201 Å². The van der Waals surface area contributed by atoms with Crippen molar-refractivity contribution in [2.75, 3.05) is 41.8 Å². The van der Waals surface area contributed by atoms with E-state index in [1.807, 2.05) is 36.4 Å². The van der Waals surface area contributed by atoms with E-state index in [1.54, 1.807) is 12.4 Å². The van der Waals surface area contributed by atoms with Crippen molar-refractivity contribution in [3.63, 3.8) is 0 Å². The molecule has 5 rings (SSSR count). The number of carbonyl (C=O) groups excluding carboxylic acids is 1. The molecule has 2 N–H and O–H groups in total. The fraction of sp³-hybridized carbons (Fsp3) is 0.154. The molecule has 1 aliphatic heterocycles. The Morgan fingerprint density at radius 2 is 1.97 bits per heavy atom. The van der Waals surface area contributed by atoms with Crippen molar-refractivity contribution in [2.45, 2.75) is 0 Å². The molecule has 8 nitrogen and oxygen atoms in total. The second-order valence-corrected chi connectivity index (χ2v) is 7.98. The molecule has 2 aromatic carbocycles. The second kappa shape index (κ2) is 9.86. The third kappa shape index (κ3) is 4.95.